The molecule has 0 N–H and O–H groups in total. The van der Waals surface area contributed by atoms with E-state index in [1.54, 1.807) is 0 Å². The second-order valence-corrected chi connectivity index (χ2v) is 19.8. The van der Waals surface area contributed by atoms with E-state index in [0.29, 0.717) is 0 Å². The summed E-state index contributed by atoms with van der Waals surface area (Å²) in [7, 11) is 4.49. The number of fused-ring (bicyclic) bond motifs is 10. The van der Waals surface area contributed by atoms with Gasteiger partial charge in [-0.2, -0.15) is 0 Å². The zero-order chi connectivity index (χ0) is 25.6. The summed E-state index contributed by atoms with van der Waals surface area (Å²) in [5.74, 6) is 0. The minimum Gasteiger partial charge on any atom is -1.00 e. The molecule has 8 heteroatoms. The SMILES string of the molecule is Cn1c2c(c3c1=c1ccccc1=C3)[C]1(S[C]3([Zr+2]1)C(Br)=CC=c1c3c3c(n1C)=c1ccccc1=C3)C(Br)=CC=2.[Cl-].[Cl-]. The van der Waals surface area contributed by atoms with Gasteiger partial charge in [0, 0.05) is 0 Å². The largest absolute Gasteiger partial charge is 1.00 e. The molecule has 2 atom stereocenters. The maximum Gasteiger partial charge on any atom is -1.00 e. The van der Waals surface area contributed by atoms with Crippen LogP contribution in [0.1, 0.15) is 22.3 Å². The molecule has 0 saturated carbocycles. The summed E-state index contributed by atoms with van der Waals surface area (Å²) in [5.41, 5.74) is 5.90. The van der Waals surface area contributed by atoms with Crippen LogP contribution in [-0.4, -0.2) is 9.13 Å². The molecule has 196 valence electrons. The van der Waals surface area contributed by atoms with Crippen molar-refractivity contribution in [2.45, 2.75) is 4.91 Å². The molecule has 40 heavy (non-hydrogen) atoms. The van der Waals surface area contributed by atoms with Crippen LogP contribution in [0.2, 0.25) is 0 Å². The number of aromatic nitrogens is 2. The third-order valence-electron chi connectivity index (χ3n) is 8.80. The molecule has 2 nitrogen and oxygen atoms in total. The number of allylic oxidation sites excluding steroid dienone is 2. The van der Waals surface area contributed by atoms with Crippen molar-refractivity contribution in [2.75, 3.05) is 0 Å². The first-order chi connectivity index (χ1) is 18.4. The normalized spacial score (nSPS) is 22.8. The molecule has 0 bridgehead atoms. The molecule has 4 aliphatic carbocycles. The molecule has 9 rings (SSSR count). The Bertz CT molecular complexity index is 2200. The Morgan fingerprint density at radius 3 is 1.48 bits per heavy atom. The van der Waals surface area contributed by atoms with Crippen LogP contribution in [0.3, 0.4) is 0 Å². The van der Waals surface area contributed by atoms with Crippen molar-refractivity contribution in [2.24, 2.45) is 14.1 Å². The van der Waals surface area contributed by atoms with Crippen molar-refractivity contribution in [1.29, 1.82) is 0 Å². The molecule has 1 saturated heterocycles. The molecule has 4 aromatic rings. The van der Waals surface area contributed by atoms with Gasteiger partial charge in [0.15, 0.2) is 0 Å². The number of hydrogen-bond donors (Lipinski definition) is 0. The first kappa shape index (κ1) is 27.6. The van der Waals surface area contributed by atoms with E-state index in [4.69, 9.17) is 0 Å². The Kier molecular flexibility index (Phi) is 6.28. The van der Waals surface area contributed by atoms with Crippen molar-refractivity contribution in [1.82, 2.24) is 9.13 Å². The number of halogens is 4. The van der Waals surface area contributed by atoms with Crippen molar-refractivity contribution >= 4 is 67.9 Å². The first-order valence-electron chi connectivity index (χ1n) is 12.7. The third-order valence-corrected chi connectivity index (χ3v) is 21.3. The molecule has 3 heterocycles. The minimum absolute atomic E-state index is 0. The van der Waals surface area contributed by atoms with Gasteiger partial charge >= 0.3 is 253 Å². The van der Waals surface area contributed by atoms with Crippen LogP contribution in [0.4, 0.5) is 0 Å². The molecule has 2 aromatic carbocycles. The smallest absolute Gasteiger partial charge is 1.00 e. The van der Waals surface area contributed by atoms with E-state index in [9.17, 15) is 0 Å². The fourth-order valence-corrected chi connectivity index (χ4v) is 18.5. The number of benzene rings is 2. The fraction of sp³-hybridized carbons (Fsp3) is 0.125. The van der Waals surface area contributed by atoms with E-state index < -0.39 is 23.2 Å². The van der Waals surface area contributed by atoms with Gasteiger partial charge in [0.25, 0.3) is 0 Å². The van der Waals surface area contributed by atoms with Gasteiger partial charge in [-0.3, -0.25) is 0 Å². The molecular formula is C32H20Br2Cl2N2SZr. The molecule has 5 aliphatic rings. The summed E-state index contributed by atoms with van der Waals surface area (Å²) >= 11 is 9.25. The predicted octanol–water partition coefficient (Wildman–Crippen LogP) is -1.79. The zero-order valence-electron chi connectivity index (χ0n) is 21.4. The summed E-state index contributed by atoms with van der Waals surface area (Å²) in [5, 5.41) is 10.9. The van der Waals surface area contributed by atoms with E-state index in [1.807, 2.05) is 0 Å². The zero-order valence-corrected chi connectivity index (χ0v) is 29.4. The maximum atomic E-state index is 4.12. The summed E-state index contributed by atoms with van der Waals surface area (Å²) in [6.45, 7) is 0. The van der Waals surface area contributed by atoms with Gasteiger partial charge in [0.2, 0.25) is 0 Å². The first-order valence-corrected chi connectivity index (χ1v) is 17.6. The van der Waals surface area contributed by atoms with Crippen molar-refractivity contribution in [3.63, 3.8) is 0 Å². The van der Waals surface area contributed by atoms with Crippen LogP contribution < -0.4 is 45.9 Å². The van der Waals surface area contributed by atoms with E-state index in [-0.39, 0.29) is 29.7 Å². The van der Waals surface area contributed by atoms with Crippen LogP contribution in [0.25, 0.3) is 24.3 Å². The van der Waals surface area contributed by atoms with Gasteiger partial charge in [-0.1, -0.05) is 0 Å². The van der Waals surface area contributed by atoms with E-state index >= 15 is 0 Å². The molecule has 2 aromatic heterocycles. The molecule has 2 unspecified atom stereocenters. The van der Waals surface area contributed by atoms with Crippen LogP contribution in [0.15, 0.2) is 69.6 Å². The second kappa shape index (κ2) is 9.12. The molecule has 1 fully saturated rings. The van der Waals surface area contributed by atoms with Crippen molar-refractivity contribution < 1.29 is 48.0 Å². The van der Waals surface area contributed by atoms with Gasteiger partial charge in [0.05, 0.1) is 0 Å². The molecule has 1 aliphatic heterocycles. The fourth-order valence-electron chi connectivity index (χ4n) is 7.21. The average Bonchev–Trinajstić information content (AvgIpc) is 3.61. The molecule has 2 spiro atoms. The Morgan fingerprint density at radius 2 is 1.05 bits per heavy atom. The van der Waals surface area contributed by atoms with E-state index in [0.717, 1.165) is 0 Å². The Morgan fingerprint density at radius 1 is 0.650 bits per heavy atom. The number of rotatable bonds is 0. The quantitative estimate of drug-likeness (QED) is 0.177. The van der Waals surface area contributed by atoms with Gasteiger partial charge in [0.1, 0.15) is 0 Å². The predicted molar refractivity (Wildman–Crippen MR) is 159 cm³/mol. The second-order valence-electron chi connectivity index (χ2n) is 10.6. The van der Waals surface area contributed by atoms with Crippen molar-refractivity contribution in [3.8, 4) is 0 Å². The summed E-state index contributed by atoms with van der Waals surface area (Å²) in [4.78, 5) is 0. The van der Waals surface area contributed by atoms with E-state index in [2.05, 4.69) is 152 Å². The monoisotopic (exact) mass is 782 g/mol. The Balaban J connectivity index is 0.00000132. The summed E-state index contributed by atoms with van der Waals surface area (Å²) < 4.78 is 7.62. The minimum atomic E-state index is -1.16. The maximum absolute atomic E-state index is 4.12. The van der Waals surface area contributed by atoms with Gasteiger partial charge in [-0.15, -0.1) is 0 Å². The van der Waals surface area contributed by atoms with Gasteiger partial charge in [-0.05, 0) is 0 Å². The number of nitrogens with zero attached hydrogens (tertiary/aromatic N) is 2. The van der Waals surface area contributed by atoms with Gasteiger partial charge < -0.3 is 24.8 Å². The number of hydrogen-bond acceptors (Lipinski definition) is 1. The van der Waals surface area contributed by atoms with Crippen LogP contribution in [0, 0.1) is 21.1 Å². The molecular weight excluding hydrogens is 766 g/mol. The van der Waals surface area contributed by atoms with Gasteiger partial charge in [-0.25, -0.2) is 0 Å². The molecule has 0 amide bonds. The Labute approximate surface area is 275 Å². The standard InChI is InChI=1S/C32H20Br2N2S.2ClH.Zr/c1-35-25-13-11-23(33)31(27(25)21-15-17-7-3-5-9-19(17)29(21)35)37-32-24(34)12-14-26-28(32)22-16-18-8-4-6-10-20(18)30(22)36(26)2;;;/h3-16H,1-2H3;2*1H;/q;;;+2/p-2. The average molecular weight is 787 g/mol. The van der Waals surface area contributed by atoms with Crippen LogP contribution in [-0.2, 0) is 42.2 Å². The van der Waals surface area contributed by atoms with Crippen molar-refractivity contribution in [3.05, 3.63) is 134 Å². The summed E-state index contributed by atoms with van der Waals surface area (Å²) in [6, 6.07) is 17.7. The van der Waals surface area contributed by atoms with Crippen LogP contribution >= 0.6 is 43.6 Å². The molecule has 0 radical (unpaired) electrons. The topological polar surface area (TPSA) is 9.86 Å². The summed E-state index contributed by atoms with van der Waals surface area (Å²) in [6.07, 6.45) is 14.2. The van der Waals surface area contributed by atoms with E-state index in [1.165, 1.54) is 73.5 Å². The Hall–Kier alpha value is -1.27. The third kappa shape index (κ3) is 3.11. The number of thioether (sulfide) groups is 1. The van der Waals surface area contributed by atoms with Crippen LogP contribution in [0.5, 0.6) is 0 Å².